The molecule has 0 radical (unpaired) electrons. The van der Waals surface area contributed by atoms with Crippen LogP contribution >= 0.6 is 0 Å². The highest BCUT2D eigenvalue weighted by Crippen LogP contribution is 2.30. The van der Waals surface area contributed by atoms with Gasteiger partial charge in [0.05, 0.1) is 6.42 Å². The molecule has 0 aromatic heterocycles. The van der Waals surface area contributed by atoms with Crippen LogP contribution in [0.2, 0.25) is 0 Å². The first kappa shape index (κ1) is 10.9. The average molecular weight is 211 g/mol. The van der Waals surface area contributed by atoms with Crippen molar-refractivity contribution in [3.8, 4) is 0 Å². The number of hydrogen-bond acceptors (Lipinski definition) is 2. The molecule has 3 heteroatoms. The number of rotatable bonds is 3. The minimum Gasteiger partial charge on any atom is -0.481 e. The molecule has 3 nitrogen and oxygen atoms in total. The van der Waals surface area contributed by atoms with Gasteiger partial charge in [-0.05, 0) is 32.2 Å². The third-order valence-electron chi connectivity index (χ3n) is 3.88. The van der Waals surface area contributed by atoms with E-state index >= 15 is 0 Å². The van der Waals surface area contributed by atoms with E-state index in [1.54, 1.807) is 0 Å². The predicted molar refractivity (Wildman–Crippen MR) is 58.9 cm³/mol. The molecule has 1 heterocycles. The van der Waals surface area contributed by atoms with Gasteiger partial charge in [0.2, 0.25) is 0 Å². The molecule has 0 amide bonds. The monoisotopic (exact) mass is 211 g/mol. The Hall–Kier alpha value is -0.570. The smallest absolute Gasteiger partial charge is 0.304 e. The first-order chi connectivity index (χ1) is 7.27. The molecule has 2 fully saturated rings. The fraction of sp³-hybridized carbons (Fsp3) is 0.917. The van der Waals surface area contributed by atoms with Gasteiger partial charge in [-0.25, -0.2) is 0 Å². The number of nitrogens with zero attached hydrogens (tertiary/aromatic N) is 1. The molecule has 1 N–H and O–H groups in total. The van der Waals surface area contributed by atoms with Gasteiger partial charge in [-0.2, -0.15) is 0 Å². The summed E-state index contributed by atoms with van der Waals surface area (Å²) in [5.41, 5.74) is 0. The summed E-state index contributed by atoms with van der Waals surface area (Å²) in [7, 11) is 0. The molecule has 0 bridgehead atoms. The maximum absolute atomic E-state index is 10.8. The molecular weight excluding hydrogens is 190 g/mol. The van der Waals surface area contributed by atoms with E-state index in [1.807, 2.05) is 0 Å². The number of carboxylic acids is 1. The Morgan fingerprint density at radius 3 is 2.53 bits per heavy atom. The molecule has 1 aliphatic carbocycles. The lowest BCUT2D eigenvalue weighted by molar-refractivity contribution is -0.138. The van der Waals surface area contributed by atoms with Crippen LogP contribution in [0, 0.1) is 0 Å². The topological polar surface area (TPSA) is 40.5 Å². The molecule has 0 spiro atoms. The molecule has 0 aromatic rings. The number of aliphatic carboxylic acids is 1. The second-order valence-corrected chi connectivity index (χ2v) is 4.92. The van der Waals surface area contributed by atoms with Gasteiger partial charge >= 0.3 is 5.97 Å². The molecule has 1 saturated carbocycles. The summed E-state index contributed by atoms with van der Waals surface area (Å²) in [4.78, 5) is 13.2. The maximum Gasteiger partial charge on any atom is 0.304 e. The summed E-state index contributed by atoms with van der Waals surface area (Å²) in [6.07, 6.45) is 9.23. The van der Waals surface area contributed by atoms with Gasteiger partial charge in [-0.3, -0.25) is 9.69 Å². The zero-order chi connectivity index (χ0) is 10.7. The summed E-state index contributed by atoms with van der Waals surface area (Å²) < 4.78 is 0. The molecule has 2 rings (SSSR count). The predicted octanol–water partition coefficient (Wildman–Crippen LogP) is 2.26. The van der Waals surface area contributed by atoms with E-state index in [1.165, 1.54) is 38.5 Å². The highest BCUT2D eigenvalue weighted by molar-refractivity contribution is 5.67. The van der Waals surface area contributed by atoms with E-state index in [0.29, 0.717) is 18.5 Å². The van der Waals surface area contributed by atoms with Gasteiger partial charge in [0.1, 0.15) is 0 Å². The summed E-state index contributed by atoms with van der Waals surface area (Å²) >= 11 is 0. The number of carboxylic acid groups (broad SMARTS) is 1. The van der Waals surface area contributed by atoms with Crippen LogP contribution < -0.4 is 0 Å². The SMILES string of the molecule is O=C(O)CC1CCCN1C1CCCCC1. The summed E-state index contributed by atoms with van der Waals surface area (Å²) in [6, 6.07) is 1.01. The second kappa shape index (κ2) is 4.97. The zero-order valence-electron chi connectivity index (χ0n) is 9.32. The van der Waals surface area contributed by atoms with Crippen LogP contribution in [-0.4, -0.2) is 34.6 Å². The summed E-state index contributed by atoms with van der Waals surface area (Å²) in [6.45, 7) is 1.13. The molecule has 2 aliphatic rings. The Morgan fingerprint density at radius 2 is 1.87 bits per heavy atom. The van der Waals surface area contributed by atoms with Crippen LogP contribution in [0.15, 0.2) is 0 Å². The molecular formula is C12H21NO2. The first-order valence-corrected chi connectivity index (χ1v) is 6.25. The van der Waals surface area contributed by atoms with Gasteiger partial charge in [0, 0.05) is 12.1 Å². The Balaban J connectivity index is 1.91. The van der Waals surface area contributed by atoms with Gasteiger partial charge in [-0.15, -0.1) is 0 Å². The van der Waals surface area contributed by atoms with Crippen molar-refractivity contribution in [1.29, 1.82) is 0 Å². The van der Waals surface area contributed by atoms with Gasteiger partial charge in [0.25, 0.3) is 0 Å². The third kappa shape index (κ3) is 2.71. The first-order valence-electron chi connectivity index (χ1n) is 6.25. The lowest BCUT2D eigenvalue weighted by Crippen LogP contribution is -2.41. The van der Waals surface area contributed by atoms with Crippen LogP contribution in [0.3, 0.4) is 0 Å². The second-order valence-electron chi connectivity index (χ2n) is 4.92. The fourth-order valence-electron chi connectivity index (χ4n) is 3.17. The molecule has 1 aliphatic heterocycles. The largest absolute Gasteiger partial charge is 0.481 e. The number of hydrogen-bond donors (Lipinski definition) is 1. The summed E-state index contributed by atoms with van der Waals surface area (Å²) in [5, 5.41) is 8.86. The molecule has 0 aromatic carbocycles. The van der Waals surface area contributed by atoms with Crippen molar-refractivity contribution in [2.75, 3.05) is 6.54 Å². The molecule has 1 saturated heterocycles. The lowest BCUT2D eigenvalue weighted by Gasteiger charge is -2.35. The van der Waals surface area contributed by atoms with Crippen LogP contribution in [0.1, 0.15) is 51.4 Å². The zero-order valence-corrected chi connectivity index (χ0v) is 9.32. The van der Waals surface area contributed by atoms with E-state index < -0.39 is 5.97 Å². The van der Waals surface area contributed by atoms with Crippen molar-refractivity contribution in [3.05, 3.63) is 0 Å². The van der Waals surface area contributed by atoms with E-state index in [0.717, 1.165) is 13.0 Å². The van der Waals surface area contributed by atoms with Crippen molar-refractivity contribution in [2.24, 2.45) is 0 Å². The Morgan fingerprint density at radius 1 is 1.13 bits per heavy atom. The Labute approximate surface area is 91.5 Å². The standard InChI is InChI=1S/C12H21NO2/c14-12(15)9-11-7-4-8-13(11)10-5-2-1-3-6-10/h10-11H,1-9H2,(H,14,15). The van der Waals surface area contributed by atoms with Crippen LogP contribution in [0.25, 0.3) is 0 Å². The van der Waals surface area contributed by atoms with Crippen LogP contribution in [0.5, 0.6) is 0 Å². The van der Waals surface area contributed by atoms with Gasteiger partial charge in [0.15, 0.2) is 0 Å². The van der Waals surface area contributed by atoms with E-state index in [4.69, 9.17) is 5.11 Å². The van der Waals surface area contributed by atoms with Gasteiger partial charge in [-0.1, -0.05) is 19.3 Å². The van der Waals surface area contributed by atoms with Crippen molar-refractivity contribution >= 4 is 5.97 Å². The maximum atomic E-state index is 10.8. The average Bonchev–Trinajstić information content (AvgIpc) is 2.66. The molecule has 86 valence electrons. The minimum absolute atomic E-state index is 0.325. The summed E-state index contributed by atoms with van der Waals surface area (Å²) in [5.74, 6) is -0.636. The van der Waals surface area contributed by atoms with Crippen LogP contribution in [0.4, 0.5) is 0 Å². The highest BCUT2D eigenvalue weighted by Gasteiger charge is 2.32. The van der Waals surface area contributed by atoms with Crippen molar-refractivity contribution < 1.29 is 9.90 Å². The number of likely N-dealkylation sites (tertiary alicyclic amines) is 1. The molecule has 1 unspecified atom stereocenters. The quantitative estimate of drug-likeness (QED) is 0.778. The fourth-order valence-corrected chi connectivity index (χ4v) is 3.17. The Bertz CT molecular complexity index is 224. The van der Waals surface area contributed by atoms with E-state index in [-0.39, 0.29) is 0 Å². The normalized spacial score (nSPS) is 29.5. The van der Waals surface area contributed by atoms with Crippen molar-refractivity contribution in [1.82, 2.24) is 4.90 Å². The van der Waals surface area contributed by atoms with Crippen molar-refractivity contribution in [3.63, 3.8) is 0 Å². The number of carbonyl (C=O) groups is 1. The Kier molecular flexibility index (Phi) is 3.62. The van der Waals surface area contributed by atoms with E-state index in [9.17, 15) is 4.79 Å². The van der Waals surface area contributed by atoms with Crippen LogP contribution in [-0.2, 0) is 4.79 Å². The minimum atomic E-state index is -0.636. The lowest BCUT2D eigenvalue weighted by atomic mass is 9.93. The molecule has 1 atom stereocenters. The highest BCUT2D eigenvalue weighted by atomic mass is 16.4. The van der Waals surface area contributed by atoms with E-state index in [2.05, 4.69) is 4.90 Å². The third-order valence-corrected chi connectivity index (χ3v) is 3.88. The van der Waals surface area contributed by atoms with Crippen molar-refractivity contribution in [2.45, 2.75) is 63.5 Å². The molecule has 15 heavy (non-hydrogen) atoms. The van der Waals surface area contributed by atoms with Gasteiger partial charge < -0.3 is 5.11 Å².